The van der Waals surface area contributed by atoms with Crippen molar-refractivity contribution >= 4 is 11.6 Å². The van der Waals surface area contributed by atoms with E-state index >= 15 is 0 Å². The molecule has 0 heterocycles. The second-order valence-corrected chi connectivity index (χ2v) is 5.22. The number of hydrogen-bond acceptors (Lipinski definition) is 0. The third kappa shape index (κ3) is 1.63. The maximum absolute atomic E-state index is 14.6. The van der Waals surface area contributed by atoms with E-state index in [-0.39, 0.29) is 0 Å². The van der Waals surface area contributed by atoms with Gasteiger partial charge in [-0.2, -0.15) is 35.1 Å². The smallest absolute Gasteiger partial charge is 0.230 e. The van der Waals surface area contributed by atoms with Crippen molar-refractivity contribution in [2.24, 2.45) is 0 Å². The lowest BCUT2D eigenvalue weighted by Gasteiger charge is -2.51. The summed E-state index contributed by atoms with van der Waals surface area (Å²) in [6, 6.07) is 3.90. The van der Waals surface area contributed by atoms with Crippen LogP contribution in [0.1, 0.15) is 5.56 Å². The van der Waals surface area contributed by atoms with Crippen LogP contribution in [0, 0.1) is 0 Å². The lowest BCUT2D eigenvalue weighted by molar-refractivity contribution is -0.425. The van der Waals surface area contributed by atoms with Gasteiger partial charge in [-0.1, -0.05) is 30.3 Å². The van der Waals surface area contributed by atoms with Crippen molar-refractivity contribution in [3.63, 3.8) is 0 Å². The molecule has 1 aromatic carbocycles. The Bertz CT molecular complexity index is 571. The molecular weight excluding hydrogens is 351 g/mol. The van der Waals surface area contributed by atoms with Gasteiger partial charge in [-0.25, -0.2) is 4.39 Å². The largest absolute Gasteiger partial charge is 0.382 e. The highest BCUT2D eigenvalue weighted by atomic mass is 35.5. The highest BCUT2D eigenvalue weighted by Gasteiger charge is 2.94. The van der Waals surface area contributed by atoms with E-state index in [1.165, 1.54) is 0 Å². The third-order valence-electron chi connectivity index (χ3n) is 3.53. The maximum atomic E-state index is 14.6. The highest BCUT2D eigenvalue weighted by molar-refractivity contribution is 6.22. The molecule has 0 radical (unpaired) electrons. The summed E-state index contributed by atoms with van der Waals surface area (Å²) in [5, 5.41) is -3.91. The zero-order chi connectivity index (χ0) is 17.2. The molecule has 22 heavy (non-hydrogen) atoms. The van der Waals surface area contributed by atoms with Gasteiger partial charge in [0.25, 0.3) is 0 Å². The average molecular weight is 357 g/mol. The Labute approximate surface area is 122 Å². The van der Waals surface area contributed by atoms with E-state index < -0.39 is 40.3 Å². The van der Waals surface area contributed by atoms with Crippen molar-refractivity contribution < 1.29 is 39.5 Å². The first kappa shape index (κ1) is 17.2. The lowest BCUT2D eigenvalue weighted by atomic mass is 9.71. The molecule has 1 aromatic rings. The molecule has 124 valence electrons. The molecule has 0 bridgehead atoms. The van der Waals surface area contributed by atoms with E-state index in [1.54, 1.807) is 0 Å². The molecule has 0 aromatic heterocycles. The topological polar surface area (TPSA) is 0 Å². The van der Waals surface area contributed by atoms with E-state index in [0.717, 1.165) is 18.2 Å². The van der Waals surface area contributed by atoms with Crippen LogP contribution in [0.2, 0.25) is 0 Å². The number of benzene rings is 1. The van der Waals surface area contributed by atoms with Crippen LogP contribution in [0.5, 0.6) is 0 Å². The van der Waals surface area contributed by atoms with Crippen LogP contribution >= 0.6 is 11.6 Å². The zero-order valence-electron chi connectivity index (χ0n) is 10.2. The second kappa shape index (κ2) is 4.46. The van der Waals surface area contributed by atoms with Crippen LogP contribution in [-0.2, 0) is 5.67 Å². The fourth-order valence-corrected chi connectivity index (χ4v) is 2.61. The first-order valence-electron chi connectivity index (χ1n) is 5.66. The molecule has 2 unspecified atom stereocenters. The Morgan fingerprint density at radius 3 is 1.59 bits per heavy atom. The van der Waals surface area contributed by atoms with Gasteiger partial charge in [0.05, 0.1) is 0 Å². The van der Waals surface area contributed by atoms with Crippen LogP contribution < -0.4 is 0 Å². The summed E-state index contributed by atoms with van der Waals surface area (Å²) >= 11 is 4.83. The van der Waals surface area contributed by atoms with Crippen molar-refractivity contribution in [2.75, 3.05) is 0 Å². The summed E-state index contributed by atoms with van der Waals surface area (Å²) in [6.45, 7) is 0. The fourth-order valence-electron chi connectivity index (χ4n) is 2.21. The van der Waals surface area contributed by atoms with Gasteiger partial charge in [-0.05, 0) is 5.56 Å². The average Bonchev–Trinajstić information content (AvgIpc) is 2.44. The van der Waals surface area contributed by atoms with Crippen LogP contribution in [0.25, 0.3) is 0 Å². The normalized spacial score (nSPS) is 35.1. The van der Waals surface area contributed by atoms with Gasteiger partial charge in [-0.3, -0.25) is 0 Å². The van der Waals surface area contributed by atoms with Crippen molar-refractivity contribution in [2.45, 2.75) is 34.7 Å². The highest BCUT2D eigenvalue weighted by Crippen LogP contribution is 2.68. The third-order valence-corrected chi connectivity index (χ3v) is 4.10. The van der Waals surface area contributed by atoms with Crippen LogP contribution in [0.4, 0.5) is 39.5 Å². The molecule has 0 aliphatic heterocycles. The maximum Gasteiger partial charge on any atom is 0.382 e. The Balaban J connectivity index is 2.80. The molecular formula is C12H6ClF9. The molecule has 2 rings (SSSR count). The predicted molar refractivity (Wildman–Crippen MR) is 58.7 cm³/mol. The van der Waals surface area contributed by atoms with Crippen molar-refractivity contribution in [3.8, 4) is 0 Å². The van der Waals surface area contributed by atoms with Gasteiger partial charge in [0.2, 0.25) is 5.67 Å². The van der Waals surface area contributed by atoms with Crippen molar-refractivity contribution in [1.82, 2.24) is 0 Å². The van der Waals surface area contributed by atoms with E-state index in [2.05, 4.69) is 0 Å². The van der Waals surface area contributed by atoms with Crippen LogP contribution in [0.15, 0.2) is 30.3 Å². The summed E-state index contributed by atoms with van der Waals surface area (Å²) in [4.78, 5) is 0. The molecule has 1 aliphatic carbocycles. The molecule has 1 fully saturated rings. The summed E-state index contributed by atoms with van der Waals surface area (Å²) in [6.07, 6.45) is 0. The number of hydrogen-bond donors (Lipinski definition) is 0. The molecule has 0 N–H and O–H groups in total. The van der Waals surface area contributed by atoms with Gasteiger partial charge in [0, 0.05) is 0 Å². The molecule has 0 amide bonds. The Morgan fingerprint density at radius 2 is 1.14 bits per heavy atom. The number of alkyl halides is 10. The molecule has 0 saturated heterocycles. The molecule has 2 atom stereocenters. The SMILES string of the molecule is FC1(F)C(Cl)C(F)(c2ccccc2)C(F)(F)C(F)(F)C1(F)F. The Kier molecular flexibility index (Phi) is 3.49. The van der Waals surface area contributed by atoms with E-state index in [0.29, 0.717) is 12.1 Å². The Morgan fingerprint density at radius 1 is 0.682 bits per heavy atom. The molecule has 0 nitrogen and oxygen atoms in total. The van der Waals surface area contributed by atoms with Crippen molar-refractivity contribution in [1.29, 1.82) is 0 Å². The van der Waals surface area contributed by atoms with E-state index in [9.17, 15) is 39.5 Å². The summed E-state index contributed by atoms with van der Waals surface area (Å²) in [5.41, 5.74) is -6.25. The molecule has 0 spiro atoms. The van der Waals surface area contributed by atoms with Crippen LogP contribution in [-0.4, -0.2) is 29.1 Å². The first-order valence-corrected chi connectivity index (χ1v) is 6.09. The lowest BCUT2D eigenvalue weighted by Crippen LogP contribution is -2.78. The summed E-state index contributed by atoms with van der Waals surface area (Å²) in [5.74, 6) is -25.3. The van der Waals surface area contributed by atoms with Crippen LogP contribution in [0.3, 0.4) is 0 Å². The number of rotatable bonds is 1. The molecule has 1 aliphatic rings. The quantitative estimate of drug-likeness (QED) is 0.490. The standard InChI is InChI=1S/C12H6ClF9/c13-7-8(14,6-4-2-1-3-5-6)10(17,18)12(21,22)11(19,20)9(7,15)16/h1-5,7H. The monoisotopic (exact) mass is 356 g/mol. The van der Waals surface area contributed by atoms with E-state index in [1.807, 2.05) is 0 Å². The van der Waals surface area contributed by atoms with Gasteiger partial charge in [0.15, 0.2) is 0 Å². The van der Waals surface area contributed by atoms with Gasteiger partial charge in [0.1, 0.15) is 5.38 Å². The minimum absolute atomic E-state index is 0.485. The van der Waals surface area contributed by atoms with Crippen molar-refractivity contribution in [3.05, 3.63) is 35.9 Å². The Hall–Kier alpha value is -1.12. The molecule has 1 saturated carbocycles. The van der Waals surface area contributed by atoms with E-state index in [4.69, 9.17) is 11.6 Å². The van der Waals surface area contributed by atoms with Gasteiger partial charge >= 0.3 is 23.7 Å². The zero-order valence-corrected chi connectivity index (χ0v) is 11.0. The fraction of sp³-hybridized carbons (Fsp3) is 0.500. The second-order valence-electron chi connectivity index (χ2n) is 4.79. The molecule has 10 heteroatoms. The number of halogens is 10. The minimum Gasteiger partial charge on any atom is -0.230 e. The predicted octanol–water partition coefficient (Wildman–Crippen LogP) is 5.01. The van der Waals surface area contributed by atoms with Gasteiger partial charge < -0.3 is 0 Å². The summed E-state index contributed by atoms with van der Waals surface area (Å²) in [7, 11) is 0. The first-order chi connectivity index (χ1) is 9.76. The minimum atomic E-state index is -6.65. The summed E-state index contributed by atoms with van der Waals surface area (Å²) < 4.78 is 122. The van der Waals surface area contributed by atoms with Gasteiger partial charge in [-0.15, -0.1) is 11.6 Å².